The summed E-state index contributed by atoms with van der Waals surface area (Å²) in [5.41, 5.74) is 6.91. The van der Waals surface area contributed by atoms with Crippen molar-refractivity contribution in [3.05, 3.63) is 18.0 Å². The van der Waals surface area contributed by atoms with Gasteiger partial charge in [0.1, 0.15) is 0 Å². The molecule has 0 saturated carbocycles. The van der Waals surface area contributed by atoms with Gasteiger partial charge in [-0.05, 0) is 19.9 Å². The van der Waals surface area contributed by atoms with Gasteiger partial charge in [-0.1, -0.05) is 0 Å². The maximum absolute atomic E-state index is 11.7. The van der Waals surface area contributed by atoms with Gasteiger partial charge in [-0.3, -0.25) is 9.48 Å². The second-order valence-corrected chi connectivity index (χ2v) is 4.09. The molecule has 88 valence electrons. The highest BCUT2D eigenvalue weighted by molar-refractivity contribution is 5.80. The van der Waals surface area contributed by atoms with Crippen LogP contribution in [0.4, 0.5) is 0 Å². The highest BCUT2D eigenvalue weighted by atomic mass is 16.2. The number of carbonyl (C=O) groups excluding carboxylic acids is 1. The van der Waals surface area contributed by atoms with Gasteiger partial charge in [-0.2, -0.15) is 5.10 Å². The Morgan fingerprint density at radius 3 is 2.81 bits per heavy atom. The van der Waals surface area contributed by atoms with Gasteiger partial charge >= 0.3 is 0 Å². The van der Waals surface area contributed by atoms with Crippen molar-refractivity contribution in [3.8, 4) is 0 Å². The Morgan fingerprint density at radius 1 is 1.50 bits per heavy atom. The molecule has 1 saturated heterocycles. The van der Waals surface area contributed by atoms with Crippen molar-refractivity contribution in [2.45, 2.75) is 38.9 Å². The van der Waals surface area contributed by atoms with E-state index in [1.807, 2.05) is 35.7 Å². The van der Waals surface area contributed by atoms with Gasteiger partial charge in [0, 0.05) is 31.7 Å². The number of likely N-dealkylation sites (tertiary alicyclic amines) is 1. The zero-order valence-corrected chi connectivity index (χ0v) is 9.76. The average molecular weight is 222 g/mol. The van der Waals surface area contributed by atoms with Gasteiger partial charge in [-0.15, -0.1) is 0 Å². The molecular weight excluding hydrogens is 204 g/mol. The zero-order chi connectivity index (χ0) is 11.7. The average Bonchev–Trinajstić information content (AvgIpc) is 2.82. The fraction of sp³-hybridized carbons (Fsp3) is 0.636. The summed E-state index contributed by atoms with van der Waals surface area (Å²) in [6, 6.07) is 1.77. The quantitative estimate of drug-likeness (QED) is 0.811. The minimum atomic E-state index is -0.132. The smallest absolute Gasteiger partial charge is 0.224 e. The largest absolute Gasteiger partial charge is 0.333 e. The topological polar surface area (TPSA) is 64.2 Å². The van der Waals surface area contributed by atoms with Crippen LogP contribution in [0.15, 0.2) is 12.3 Å². The summed E-state index contributed by atoms with van der Waals surface area (Å²) in [6.45, 7) is 5.53. The molecule has 0 spiro atoms. The van der Waals surface area contributed by atoms with Crippen LogP contribution < -0.4 is 5.73 Å². The van der Waals surface area contributed by atoms with E-state index in [2.05, 4.69) is 5.10 Å². The number of hydrogen-bond donors (Lipinski definition) is 1. The first kappa shape index (κ1) is 11.1. The molecule has 16 heavy (non-hydrogen) atoms. The third-order valence-corrected chi connectivity index (χ3v) is 3.10. The molecule has 0 radical (unpaired) electrons. The third-order valence-electron chi connectivity index (χ3n) is 3.10. The van der Waals surface area contributed by atoms with Crippen LogP contribution in [0, 0.1) is 0 Å². The van der Waals surface area contributed by atoms with E-state index in [9.17, 15) is 4.79 Å². The molecule has 1 aliphatic rings. The van der Waals surface area contributed by atoms with Gasteiger partial charge < -0.3 is 10.6 Å². The molecule has 0 aliphatic carbocycles. The van der Waals surface area contributed by atoms with Crippen LogP contribution in [-0.2, 0) is 11.3 Å². The Kier molecular flexibility index (Phi) is 2.96. The molecule has 1 fully saturated rings. The minimum absolute atomic E-state index is 0.0506. The molecule has 0 unspecified atom stereocenters. The van der Waals surface area contributed by atoms with Gasteiger partial charge in [-0.25, -0.2) is 0 Å². The number of amides is 1. The van der Waals surface area contributed by atoms with Crippen molar-refractivity contribution in [1.29, 1.82) is 0 Å². The first-order valence-corrected chi connectivity index (χ1v) is 5.75. The predicted octanol–water partition coefficient (Wildman–Crippen LogP) is 0.524. The van der Waals surface area contributed by atoms with E-state index in [1.54, 1.807) is 0 Å². The van der Waals surface area contributed by atoms with E-state index in [0.717, 1.165) is 12.2 Å². The van der Waals surface area contributed by atoms with E-state index in [-0.39, 0.29) is 18.0 Å². The van der Waals surface area contributed by atoms with Crippen molar-refractivity contribution in [2.24, 2.45) is 5.73 Å². The summed E-state index contributed by atoms with van der Waals surface area (Å²) >= 11 is 0. The molecular formula is C11H18N4O. The molecule has 2 atom stereocenters. The van der Waals surface area contributed by atoms with Crippen molar-refractivity contribution >= 4 is 5.91 Å². The monoisotopic (exact) mass is 222 g/mol. The summed E-state index contributed by atoms with van der Waals surface area (Å²) in [4.78, 5) is 13.5. The fourth-order valence-corrected chi connectivity index (χ4v) is 2.28. The van der Waals surface area contributed by atoms with Crippen LogP contribution in [0.5, 0.6) is 0 Å². The molecule has 2 N–H and O–H groups in total. The van der Waals surface area contributed by atoms with E-state index >= 15 is 0 Å². The highest BCUT2D eigenvalue weighted by Gasteiger charge is 2.38. The maximum Gasteiger partial charge on any atom is 0.224 e. The van der Waals surface area contributed by atoms with Crippen LogP contribution >= 0.6 is 0 Å². The van der Waals surface area contributed by atoms with Gasteiger partial charge in [0.15, 0.2) is 0 Å². The number of rotatable bonds is 3. The lowest BCUT2D eigenvalue weighted by molar-refractivity contribution is -0.128. The molecule has 5 heteroatoms. The number of carbonyl (C=O) groups is 1. The normalized spacial score (nSPS) is 25.4. The van der Waals surface area contributed by atoms with E-state index in [1.165, 1.54) is 0 Å². The Bertz CT molecular complexity index is 387. The lowest BCUT2D eigenvalue weighted by atomic mass is 10.1. The predicted molar refractivity (Wildman–Crippen MR) is 60.6 cm³/mol. The van der Waals surface area contributed by atoms with Gasteiger partial charge in [0.05, 0.1) is 11.7 Å². The highest BCUT2D eigenvalue weighted by Crippen LogP contribution is 2.30. The third kappa shape index (κ3) is 1.71. The Labute approximate surface area is 95.2 Å². The van der Waals surface area contributed by atoms with Crippen LogP contribution in [0.2, 0.25) is 0 Å². The lowest BCUT2D eigenvalue weighted by Gasteiger charge is -2.23. The Hall–Kier alpha value is -1.36. The minimum Gasteiger partial charge on any atom is -0.333 e. The van der Waals surface area contributed by atoms with Crippen LogP contribution in [-0.4, -0.2) is 33.2 Å². The molecule has 2 rings (SSSR count). The van der Waals surface area contributed by atoms with Crippen LogP contribution in [0.25, 0.3) is 0 Å². The maximum atomic E-state index is 11.7. The summed E-state index contributed by atoms with van der Waals surface area (Å²) in [7, 11) is 0. The first-order valence-electron chi connectivity index (χ1n) is 5.75. The second-order valence-electron chi connectivity index (χ2n) is 4.09. The van der Waals surface area contributed by atoms with E-state index in [4.69, 9.17) is 5.73 Å². The summed E-state index contributed by atoms with van der Waals surface area (Å²) in [5.74, 6) is 0.131. The number of nitrogens with zero attached hydrogens (tertiary/aromatic N) is 3. The second kappa shape index (κ2) is 4.25. The van der Waals surface area contributed by atoms with Crippen molar-refractivity contribution in [1.82, 2.24) is 14.7 Å². The molecule has 0 bridgehead atoms. The fourth-order valence-electron chi connectivity index (χ4n) is 2.28. The van der Waals surface area contributed by atoms with Crippen LogP contribution in [0.1, 0.15) is 32.0 Å². The van der Waals surface area contributed by atoms with Crippen molar-refractivity contribution in [2.75, 3.05) is 6.54 Å². The van der Waals surface area contributed by atoms with Crippen LogP contribution in [0.3, 0.4) is 0 Å². The molecule has 1 aliphatic heterocycles. The number of likely N-dealkylation sites (N-methyl/N-ethyl adjacent to an activating group) is 1. The summed E-state index contributed by atoms with van der Waals surface area (Å²) in [6.07, 6.45) is 2.36. The Balaban J connectivity index is 2.27. The number of aryl methyl sites for hydroxylation is 1. The first-order chi connectivity index (χ1) is 7.67. The number of hydrogen-bond acceptors (Lipinski definition) is 3. The zero-order valence-electron chi connectivity index (χ0n) is 9.76. The van der Waals surface area contributed by atoms with Gasteiger partial charge in [0.25, 0.3) is 0 Å². The molecule has 1 aromatic rings. The number of aromatic nitrogens is 2. The standard InChI is InChI=1S/C11H18N4O/c1-3-14-6-5-9(13-14)11-8(12)7-10(16)15(11)4-2/h5-6,8,11H,3-4,7,12H2,1-2H3/t8-,11-/m0/s1. The molecule has 2 heterocycles. The molecule has 1 aromatic heterocycles. The molecule has 5 nitrogen and oxygen atoms in total. The SMILES string of the molecule is CCN1C(=O)C[C@H](N)[C@H]1c1ccn(CC)n1. The van der Waals surface area contributed by atoms with Crippen molar-refractivity contribution < 1.29 is 4.79 Å². The van der Waals surface area contributed by atoms with Crippen molar-refractivity contribution in [3.63, 3.8) is 0 Å². The van der Waals surface area contributed by atoms with E-state index in [0.29, 0.717) is 13.0 Å². The number of nitrogens with two attached hydrogens (primary N) is 1. The van der Waals surface area contributed by atoms with E-state index < -0.39 is 0 Å². The molecule has 1 amide bonds. The summed E-state index contributed by atoms with van der Waals surface area (Å²) < 4.78 is 1.86. The lowest BCUT2D eigenvalue weighted by Crippen LogP contribution is -2.33. The van der Waals surface area contributed by atoms with Gasteiger partial charge in [0.2, 0.25) is 5.91 Å². The Morgan fingerprint density at radius 2 is 2.25 bits per heavy atom. The summed E-state index contributed by atoms with van der Waals surface area (Å²) in [5, 5.41) is 4.44. The molecule has 0 aromatic carbocycles.